The van der Waals surface area contributed by atoms with E-state index in [1.165, 1.54) is 19.2 Å². The van der Waals surface area contributed by atoms with Gasteiger partial charge in [0.25, 0.3) is 0 Å². The van der Waals surface area contributed by atoms with Crippen molar-refractivity contribution in [3.63, 3.8) is 0 Å². The molecule has 0 atom stereocenters. The molecule has 0 aliphatic rings. The van der Waals surface area contributed by atoms with Crippen LogP contribution in [0, 0.1) is 5.82 Å². The molecule has 0 aromatic heterocycles. The van der Waals surface area contributed by atoms with Crippen molar-refractivity contribution in [1.82, 2.24) is 9.62 Å². The van der Waals surface area contributed by atoms with Crippen LogP contribution in [0.5, 0.6) is 0 Å². The summed E-state index contributed by atoms with van der Waals surface area (Å²) in [5.74, 6) is -0.720. The maximum atomic E-state index is 12.9. The molecular formula is C18H19Cl2FN2O3S. The summed E-state index contributed by atoms with van der Waals surface area (Å²) < 4.78 is 38.8. The minimum Gasteiger partial charge on any atom is -0.352 e. The molecule has 0 saturated heterocycles. The summed E-state index contributed by atoms with van der Waals surface area (Å²) in [5, 5.41) is 3.71. The number of carbonyl (C=O) groups is 1. The molecule has 27 heavy (non-hydrogen) atoms. The van der Waals surface area contributed by atoms with Gasteiger partial charge in [0, 0.05) is 36.6 Å². The summed E-state index contributed by atoms with van der Waals surface area (Å²) >= 11 is 11.9. The number of amides is 1. The largest absolute Gasteiger partial charge is 0.352 e. The summed E-state index contributed by atoms with van der Waals surface area (Å²) in [6, 6.07) is 9.62. The van der Waals surface area contributed by atoms with Gasteiger partial charge in [-0.05, 0) is 48.4 Å². The maximum absolute atomic E-state index is 12.9. The van der Waals surface area contributed by atoms with Gasteiger partial charge in [0.2, 0.25) is 15.9 Å². The van der Waals surface area contributed by atoms with Crippen molar-refractivity contribution in [3.05, 3.63) is 63.9 Å². The fraction of sp³-hybridized carbons (Fsp3) is 0.278. The monoisotopic (exact) mass is 432 g/mol. The second-order valence-electron chi connectivity index (χ2n) is 5.90. The van der Waals surface area contributed by atoms with Gasteiger partial charge in [0.05, 0.1) is 4.90 Å². The highest BCUT2D eigenvalue weighted by atomic mass is 35.5. The summed E-state index contributed by atoms with van der Waals surface area (Å²) in [7, 11) is -2.29. The SMILES string of the molecule is CN(CCCC(=O)NCc1ccc(Cl)cc1Cl)S(=O)(=O)c1ccc(F)cc1. The number of hydrogen-bond acceptors (Lipinski definition) is 3. The van der Waals surface area contributed by atoms with E-state index in [1.807, 2.05) is 0 Å². The predicted octanol–water partition coefficient (Wildman–Crippen LogP) is 3.85. The average Bonchev–Trinajstić information content (AvgIpc) is 2.61. The van der Waals surface area contributed by atoms with Crippen molar-refractivity contribution in [2.75, 3.05) is 13.6 Å². The lowest BCUT2D eigenvalue weighted by atomic mass is 10.2. The van der Waals surface area contributed by atoms with E-state index in [4.69, 9.17) is 23.2 Å². The van der Waals surface area contributed by atoms with Crippen LogP contribution >= 0.6 is 23.2 Å². The van der Waals surface area contributed by atoms with E-state index < -0.39 is 15.8 Å². The van der Waals surface area contributed by atoms with E-state index in [1.54, 1.807) is 18.2 Å². The van der Waals surface area contributed by atoms with Gasteiger partial charge in [-0.1, -0.05) is 29.3 Å². The van der Waals surface area contributed by atoms with E-state index in [0.717, 1.165) is 22.0 Å². The topological polar surface area (TPSA) is 66.5 Å². The zero-order valence-corrected chi connectivity index (χ0v) is 16.9. The Balaban J connectivity index is 1.80. The lowest BCUT2D eigenvalue weighted by Crippen LogP contribution is -2.29. The fourth-order valence-electron chi connectivity index (χ4n) is 2.32. The molecule has 2 aromatic rings. The van der Waals surface area contributed by atoms with Crippen LogP contribution in [-0.2, 0) is 21.4 Å². The molecule has 0 unspecified atom stereocenters. The zero-order valence-electron chi connectivity index (χ0n) is 14.6. The van der Waals surface area contributed by atoms with E-state index in [2.05, 4.69) is 5.32 Å². The second-order valence-corrected chi connectivity index (χ2v) is 8.79. The third kappa shape index (κ3) is 6.17. The van der Waals surface area contributed by atoms with E-state index in [-0.39, 0.29) is 30.3 Å². The molecule has 0 radical (unpaired) electrons. The van der Waals surface area contributed by atoms with Crippen LogP contribution in [0.15, 0.2) is 47.4 Å². The smallest absolute Gasteiger partial charge is 0.242 e. The Morgan fingerprint density at radius 3 is 2.44 bits per heavy atom. The predicted molar refractivity (Wildman–Crippen MR) is 104 cm³/mol. The van der Waals surface area contributed by atoms with Crippen molar-refractivity contribution in [1.29, 1.82) is 0 Å². The first kappa shape index (κ1) is 21.6. The quantitative estimate of drug-likeness (QED) is 0.688. The van der Waals surface area contributed by atoms with Crippen molar-refractivity contribution < 1.29 is 17.6 Å². The highest BCUT2D eigenvalue weighted by Crippen LogP contribution is 2.20. The molecule has 5 nitrogen and oxygen atoms in total. The van der Waals surface area contributed by atoms with Crippen LogP contribution in [0.3, 0.4) is 0 Å². The standard InChI is InChI=1S/C18H19Cl2FN2O3S/c1-23(27(25,26)16-8-6-15(21)7-9-16)10-2-3-18(24)22-12-13-4-5-14(19)11-17(13)20/h4-9,11H,2-3,10,12H2,1H3,(H,22,24). The van der Waals surface area contributed by atoms with Crippen molar-refractivity contribution in [3.8, 4) is 0 Å². The molecule has 1 amide bonds. The van der Waals surface area contributed by atoms with Gasteiger partial charge in [-0.3, -0.25) is 4.79 Å². The van der Waals surface area contributed by atoms with Gasteiger partial charge in [0.15, 0.2) is 0 Å². The Bertz CT molecular complexity index is 905. The van der Waals surface area contributed by atoms with Crippen LogP contribution in [0.25, 0.3) is 0 Å². The average molecular weight is 433 g/mol. The number of halogens is 3. The van der Waals surface area contributed by atoms with Crippen molar-refractivity contribution >= 4 is 39.1 Å². The molecule has 2 aromatic carbocycles. The van der Waals surface area contributed by atoms with Crippen LogP contribution in [0.2, 0.25) is 10.0 Å². The highest BCUT2D eigenvalue weighted by Gasteiger charge is 2.20. The van der Waals surface area contributed by atoms with Crippen LogP contribution in [-0.4, -0.2) is 32.2 Å². The van der Waals surface area contributed by atoms with Gasteiger partial charge in [-0.25, -0.2) is 17.1 Å². The minimum absolute atomic E-state index is 0.00762. The summed E-state index contributed by atoms with van der Waals surface area (Å²) in [4.78, 5) is 12.0. The zero-order chi connectivity index (χ0) is 20.0. The Morgan fingerprint density at radius 1 is 1.15 bits per heavy atom. The normalized spacial score (nSPS) is 11.6. The fourth-order valence-corrected chi connectivity index (χ4v) is 4.00. The number of benzene rings is 2. The number of hydrogen-bond donors (Lipinski definition) is 1. The number of nitrogens with one attached hydrogen (secondary N) is 1. The van der Waals surface area contributed by atoms with E-state index in [0.29, 0.717) is 16.5 Å². The highest BCUT2D eigenvalue weighted by molar-refractivity contribution is 7.89. The minimum atomic E-state index is -3.71. The van der Waals surface area contributed by atoms with Gasteiger partial charge in [-0.15, -0.1) is 0 Å². The van der Waals surface area contributed by atoms with Crippen molar-refractivity contribution in [2.45, 2.75) is 24.3 Å². The van der Waals surface area contributed by atoms with Gasteiger partial charge < -0.3 is 5.32 Å². The Hall–Kier alpha value is -1.67. The van der Waals surface area contributed by atoms with E-state index in [9.17, 15) is 17.6 Å². The molecule has 0 aliphatic carbocycles. The Labute approximate surface area is 168 Å². The third-order valence-corrected chi connectivity index (χ3v) is 6.35. The molecule has 2 rings (SSSR count). The molecule has 0 aliphatic heterocycles. The maximum Gasteiger partial charge on any atom is 0.242 e. The molecule has 0 bridgehead atoms. The summed E-state index contributed by atoms with van der Waals surface area (Å²) in [6.45, 7) is 0.424. The molecule has 0 spiro atoms. The van der Waals surface area contributed by atoms with Gasteiger partial charge in [0.1, 0.15) is 5.82 Å². The van der Waals surface area contributed by atoms with Crippen molar-refractivity contribution in [2.24, 2.45) is 0 Å². The summed E-state index contributed by atoms with van der Waals surface area (Å²) in [5.41, 5.74) is 0.741. The van der Waals surface area contributed by atoms with Gasteiger partial charge >= 0.3 is 0 Å². The number of carbonyl (C=O) groups excluding carboxylic acids is 1. The number of sulfonamides is 1. The first-order valence-corrected chi connectivity index (χ1v) is 10.3. The Kier molecular flexibility index (Phi) is 7.61. The number of rotatable bonds is 8. The van der Waals surface area contributed by atoms with Crippen LogP contribution < -0.4 is 5.32 Å². The second kappa shape index (κ2) is 9.50. The molecular weight excluding hydrogens is 414 g/mol. The first-order chi connectivity index (χ1) is 12.7. The molecule has 1 N–H and O–H groups in total. The Morgan fingerprint density at radius 2 is 1.81 bits per heavy atom. The van der Waals surface area contributed by atoms with Crippen LogP contribution in [0.1, 0.15) is 18.4 Å². The lowest BCUT2D eigenvalue weighted by Gasteiger charge is -2.17. The molecule has 0 fully saturated rings. The van der Waals surface area contributed by atoms with Crippen LogP contribution in [0.4, 0.5) is 4.39 Å². The van der Waals surface area contributed by atoms with E-state index >= 15 is 0 Å². The molecule has 9 heteroatoms. The third-order valence-electron chi connectivity index (χ3n) is 3.89. The molecule has 146 valence electrons. The number of nitrogens with zero attached hydrogens (tertiary/aromatic N) is 1. The summed E-state index contributed by atoms with van der Waals surface area (Å²) in [6.07, 6.45) is 0.506. The van der Waals surface area contributed by atoms with Gasteiger partial charge in [-0.2, -0.15) is 0 Å². The molecule has 0 heterocycles. The lowest BCUT2D eigenvalue weighted by molar-refractivity contribution is -0.121. The first-order valence-electron chi connectivity index (χ1n) is 8.12. The molecule has 0 saturated carbocycles.